The number of piperidine rings is 1. The fraction of sp³-hybridized carbons (Fsp3) is 0.500. The van der Waals surface area contributed by atoms with Gasteiger partial charge in [0.05, 0.1) is 14.2 Å². The van der Waals surface area contributed by atoms with E-state index in [4.69, 9.17) is 9.47 Å². The van der Waals surface area contributed by atoms with Crippen LogP contribution in [-0.2, 0) is 4.79 Å². The van der Waals surface area contributed by atoms with Crippen LogP contribution in [0.3, 0.4) is 0 Å². The highest BCUT2D eigenvalue weighted by molar-refractivity contribution is 7.18. The normalized spacial score (nSPS) is 17.7. The SMILES string of the molecule is COc1cc(OC)cc(-c2nnc(NC(=O)C[C@H]3CCCCN3C)s2)c1. The van der Waals surface area contributed by atoms with Gasteiger partial charge in [0, 0.05) is 24.1 Å². The molecule has 1 amide bonds. The maximum atomic E-state index is 12.3. The molecular formula is C18H24N4O3S. The lowest BCUT2D eigenvalue weighted by Crippen LogP contribution is -2.38. The predicted molar refractivity (Wildman–Crippen MR) is 102 cm³/mol. The van der Waals surface area contributed by atoms with Crippen molar-refractivity contribution in [3.05, 3.63) is 18.2 Å². The average molecular weight is 376 g/mol. The number of nitrogens with one attached hydrogen (secondary N) is 1. The van der Waals surface area contributed by atoms with E-state index in [1.54, 1.807) is 20.3 Å². The van der Waals surface area contributed by atoms with Gasteiger partial charge in [0.1, 0.15) is 16.5 Å². The Morgan fingerprint density at radius 2 is 1.96 bits per heavy atom. The summed E-state index contributed by atoms with van der Waals surface area (Å²) in [6.45, 7) is 1.05. The molecule has 0 unspecified atom stereocenters. The van der Waals surface area contributed by atoms with Crippen LogP contribution in [0.4, 0.5) is 5.13 Å². The molecule has 1 fully saturated rings. The van der Waals surface area contributed by atoms with Gasteiger partial charge in [0.25, 0.3) is 0 Å². The predicted octanol–water partition coefficient (Wildman–Crippen LogP) is 3.04. The quantitative estimate of drug-likeness (QED) is 0.835. The molecule has 1 aliphatic rings. The van der Waals surface area contributed by atoms with Crippen LogP contribution in [0.25, 0.3) is 10.6 Å². The zero-order valence-corrected chi connectivity index (χ0v) is 16.1. The summed E-state index contributed by atoms with van der Waals surface area (Å²) in [4.78, 5) is 14.6. The summed E-state index contributed by atoms with van der Waals surface area (Å²) in [5, 5.41) is 12.4. The summed E-state index contributed by atoms with van der Waals surface area (Å²) in [6.07, 6.45) is 3.94. The first kappa shape index (κ1) is 18.6. The second-order valence-electron chi connectivity index (χ2n) is 6.40. The molecule has 0 bridgehead atoms. The van der Waals surface area contributed by atoms with Crippen molar-refractivity contribution in [2.24, 2.45) is 0 Å². The molecule has 1 aromatic carbocycles. The van der Waals surface area contributed by atoms with Gasteiger partial charge in [-0.1, -0.05) is 17.8 Å². The zero-order valence-electron chi connectivity index (χ0n) is 15.3. The van der Waals surface area contributed by atoms with Crippen molar-refractivity contribution in [3.63, 3.8) is 0 Å². The number of ether oxygens (including phenoxy) is 2. The zero-order chi connectivity index (χ0) is 18.5. The molecule has 2 aromatic rings. The second-order valence-corrected chi connectivity index (χ2v) is 7.37. The lowest BCUT2D eigenvalue weighted by molar-refractivity contribution is -0.117. The molecule has 0 radical (unpaired) electrons. The van der Waals surface area contributed by atoms with Crippen molar-refractivity contribution >= 4 is 22.4 Å². The number of aromatic nitrogens is 2. The third-order valence-electron chi connectivity index (χ3n) is 4.61. The number of methoxy groups -OCH3 is 2. The maximum absolute atomic E-state index is 12.3. The van der Waals surface area contributed by atoms with Crippen LogP contribution in [0.5, 0.6) is 11.5 Å². The largest absolute Gasteiger partial charge is 0.497 e. The number of nitrogens with zero attached hydrogens (tertiary/aromatic N) is 3. The lowest BCUT2D eigenvalue weighted by atomic mass is 10.00. The van der Waals surface area contributed by atoms with Crippen LogP contribution >= 0.6 is 11.3 Å². The van der Waals surface area contributed by atoms with E-state index in [0.29, 0.717) is 34.1 Å². The van der Waals surface area contributed by atoms with Gasteiger partial charge in [-0.25, -0.2) is 0 Å². The summed E-state index contributed by atoms with van der Waals surface area (Å²) in [5.41, 5.74) is 0.839. The van der Waals surface area contributed by atoms with E-state index in [2.05, 4.69) is 27.5 Å². The van der Waals surface area contributed by atoms with E-state index in [1.165, 1.54) is 24.2 Å². The summed E-state index contributed by atoms with van der Waals surface area (Å²) < 4.78 is 10.6. The van der Waals surface area contributed by atoms with Gasteiger partial charge >= 0.3 is 0 Å². The van der Waals surface area contributed by atoms with E-state index in [-0.39, 0.29) is 5.91 Å². The lowest BCUT2D eigenvalue weighted by Gasteiger charge is -2.31. The molecule has 0 saturated carbocycles. The van der Waals surface area contributed by atoms with E-state index in [9.17, 15) is 4.79 Å². The molecule has 1 saturated heterocycles. The molecule has 0 aliphatic carbocycles. The van der Waals surface area contributed by atoms with Crippen molar-refractivity contribution in [1.29, 1.82) is 0 Å². The van der Waals surface area contributed by atoms with Crippen LogP contribution in [-0.4, -0.2) is 54.9 Å². The fourth-order valence-electron chi connectivity index (χ4n) is 3.11. The Morgan fingerprint density at radius 1 is 1.23 bits per heavy atom. The van der Waals surface area contributed by atoms with E-state index < -0.39 is 0 Å². The van der Waals surface area contributed by atoms with Gasteiger partial charge in [-0.05, 0) is 38.6 Å². The van der Waals surface area contributed by atoms with Crippen molar-refractivity contribution in [2.75, 3.05) is 33.1 Å². The first-order valence-electron chi connectivity index (χ1n) is 8.66. The Balaban J connectivity index is 1.67. The highest BCUT2D eigenvalue weighted by Crippen LogP contribution is 2.32. The molecule has 1 aromatic heterocycles. The Kier molecular flexibility index (Phi) is 6.05. The summed E-state index contributed by atoms with van der Waals surface area (Å²) in [5.74, 6) is 1.34. The molecule has 140 valence electrons. The maximum Gasteiger partial charge on any atom is 0.227 e. The molecule has 26 heavy (non-hydrogen) atoms. The molecule has 1 aliphatic heterocycles. The summed E-state index contributed by atoms with van der Waals surface area (Å²) >= 11 is 1.34. The monoisotopic (exact) mass is 376 g/mol. The second kappa shape index (κ2) is 8.46. The van der Waals surface area contributed by atoms with Crippen molar-refractivity contribution in [1.82, 2.24) is 15.1 Å². The van der Waals surface area contributed by atoms with E-state index in [1.807, 2.05) is 12.1 Å². The number of amides is 1. The Morgan fingerprint density at radius 3 is 2.62 bits per heavy atom. The van der Waals surface area contributed by atoms with Crippen LogP contribution in [0, 0.1) is 0 Å². The first-order valence-corrected chi connectivity index (χ1v) is 9.47. The number of benzene rings is 1. The van der Waals surface area contributed by atoms with Crippen molar-refractivity contribution in [2.45, 2.75) is 31.7 Å². The molecular weight excluding hydrogens is 352 g/mol. The fourth-order valence-corrected chi connectivity index (χ4v) is 3.85. The minimum Gasteiger partial charge on any atom is -0.497 e. The molecule has 3 rings (SSSR count). The van der Waals surface area contributed by atoms with Gasteiger partial charge in [-0.2, -0.15) is 0 Å². The third kappa shape index (κ3) is 4.50. The minimum atomic E-state index is -0.0188. The van der Waals surface area contributed by atoms with Gasteiger partial charge in [0.15, 0.2) is 0 Å². The van der Waals surface area contributed by atoms with Gasteiger partial charge in [-0.3, -0.25) is 4.79 Å². The summed E-state index contributed by atoms with van der Waals surface area (Å²) in [6, 6.07) is 5.84. The summed E-state index contributed by atoms with van der Waals surface area (Å²) in [7, 11) is 5.29. The molecule has 7 nitrogen and oxygen atoms in total. The number of hydrogen-bond acceptors (Lipinski definition) is 7. The minimum absolute atomic E-state index is 0.0188. The Hall–Kier alpha value is -2.19. The Bertz CT molecular complexity index is 742. The molecule has 1 N–H and O–H groups in total. The molecule has 1 atom stereocenters. The topological polar surface area (TPSA) is 76.6 Å². The number of carbonyl (C=O) groups excluding carboxylic acids is 1. The third-order valence-corrected chi connectivity index (χ3v) is 5.50. The number of hydrogen-bond donors (Lipinski definition) is 1. The number of likely N-dealkylation sites (tertiary alicyclic amines) is 1. The van der Waals surface area contributed by atoms with Gasteiger partial charge in [-0.15, -0.1) is 10.2 Å². The standard InChI is InChI=1S/C18H24N4O3S/c1-22-7-5-4-6-13(22)10-16(23)19-18-21-20-17(26-18)12-8-14(24-2)11-15(9-12)25-3/h8-9,11,13H,4-7,10H2,1-3H3,(H,19,21,23)/t13-/m1/s1. The van der Waals surface area contributed by atoms with E-state index >= 15 is 0 Å². The van der Waals surface area contributed by atoms with Crippen molar-refractivity contribution in [3.8, 4) is 22.1 Å². The van der Waals surface area contributed by atoms with Crippen LogP contribution in [0.15, 0.2) is 18.2 Å². The Labute approximate surface area is 157 Å². The van der Waals surface area contributed by atoms with Crippen LogP contribution in [0.2, 0.25) is 0 Å². The number of anilines is 1. The van der Waals surface area contributed by atoms with Crippen molar-refractivity contribution < 1.29 is 14.3 Å². The molecule has 2 heterocycles. The molecule has 8 heteroatoms. The highest BCUT2D eigenvalue weighted by atomic mass is 32.1. The van der Waals surface area contributed by atoms with Crippen LogP contribution < -0.4 is 14.8 Å². The first-order chi connectivity index (χ1) is 12.6. The van der Waals surface area contributed by atoms with Gasteiger partial charge < -0.3 is 19.7 Å². The number of carbonyl (C=O) groups is 1. The molecule has 0 spiro atoms. The van der Waals surface area contributed by atoms with Crippen LogP contribution in [0.1, 0.15) is 25.7 Å². The highest BCUT2D eigenvalue weighted by Gasteiger charge is 2.22. The average Bonchev–Trinajstić information content (AvgIpc) is 3.11. The van der Waals surface area contributed by atoms with E-state index in [0.717, 1.165) is 18.5 Å². The smallest absolute Gasteiger partial charge is 0.227 e. The van der Waals surface area contributed by atoms with Gasteiger partial charge in [0.2, 0.25) is 11.0 Å². The number of rotatable bonds is 6.